The zero-order valence-corrected chi connectivity index (χ0v) is 22.9. The van der Waals surface area contributed by atoms with E-state index in [0.29, 0.717) is 11.8 Å². The minimum absolute atomic E-state index is 0.580. The molecule has 0 aliphatic heterocycles. The topological polar surface area (TPSA) is 48.8 Å². The third-order valence-electron chi connectivity index (χ3n) is 8.73. The number of pyridine rings is 1. The van der Waals surface area contributed by atoms with Gasteiger partial charge in [0.25, 0.3) is 0 Å². The number of hydrogen-bond donors (Lipinski definition) is 1. The Hall–Kier alpha value is -5.09. The van der Waals surface area contributed by atoms with E-state index in [9.17, 15) is 0 Å². The SMILES string of the molecule is C\C=C(C(/C=C\c1cnccc1-n1c2c(c3ccccc31)C=CC1CC21)=C\N)\n1c2ccccc2c2ccccc21. The molecule has 41 heavy (non-hydrogen) atoms. The zero-order valence-electron chi connectivity index (χ0n) is 22.9. The number of nitrogens with two attached hydrogens (primary N) is 1. The van der Waals surface area contributed by atoms with Crippen LogP contribution < -0.4 is 5.73 Å². The predicted molar refractivity (Wildman–Crippen MR) is 172 cm³/mol. The van der Waals surface area contributed by atoms with Crippen LogP contribution in [-0.2, 0) is 0 Å². The maximum Gasteiger partial charge on any atom is 0.0562 e. The predicted octanol–water partition coefficient (Wildman–Crippen LogP) is 8.68. The molecule has 2 N–H and O–H groups in total. The van der Waals surface area contributed by atoms with Crippen molar-refractivity contribution in [3.63, 3.8) is 0 Å². The molecule has 0 amide bonds. The Labute approximate surface area is 239 Å². The molecular weight excluding hydrogens is 500 g/mol. The fraction of sp³-hybridized carbons (Fsp3) is 0.108. The van der Waals surface area contributed by atoms with Crippen LogP contribution in [-0.4, -0.2) is 14.1 Å². The average Bonchev–Trinajstić information content (AvgIpc) is 3.65. The molecule has 1 fully saturated rings. The number of para-hydroxylation sites is 3. The van der Waals surface area contributed by atoms with Gasteiger partial charge in [-0.2, -0.15) is 0 Å². The van der Waals surface area contributed by atoms with Gasteiger partial charge in [0.15, 0.2) is 0 Å². The first-order valence-corrected chi connectivity index (χ1v) is 14.3. The smallest absolute Gasteiger partial charge is 0.0562 e. The van der Waals surface area contributed by atoms with E-state index in [-0.39, 0.29) is 0 Å². The van der Waals surface area contributed by atoms with E-state index >= 15 is 0 Å². The molecule has 6 aromatic rings. The highest BCUT2D eigenvalue weighted by Gasteiger charge is 2.43. The number of hydrogen-bond acceptors (Lipinski definition) is 2. The first-order valence-electron chi connectivity index (χ1n) is 14.3. The van der Waals surface area contributed by atoms with Crippen LogP contribution in [0.25, 0.3) is 56.2 Å². The van der Waals surface area contributed by atoms with Crippen molar-refractivity contribution < 1.29 is 0 Å². The number of rotatable bonds is 5. The first-order chi connectivity index (χ1) is 20.3. The third kappa shape index (κ3) is 3.57. The van der Waals surface area contributed by atoms with Gasteiger partial charge in [0.2, 0.25) is 0 Å². The zero-order chi connectivity index (χ0) is 27.5. The van der Waals surface area contributed by atoms with E-state index < -0.39 is 0 Å². The van der Waals surface area contributed by atoms with Crippen molar-refractivity contribution >= 4 is 50.6 Å². The van der Waals surface area contributed by atoms with Gasteiger partial charge in [-0.1, -0.05) is 85.0 Å². The van der Waals surface area contributed by atoms with Gasteiger partial charge in [0.05, 0.1) is 27.9 Å². The molecule has 2 aliphatic rings. The number of fused-ring (bicyclic) bond motifs is 8. The van der Waals surface area contributed by atoms with Crippen LogP contribution in [0.4, 0.5) is 0 Å². The monoisotopic (exact) mass is 530 g/mol. The highest BCUT2D eigenvalue weighted by Crippen LogP contribution is 2.55. The fourth-order valence-corrected chi connectivity index (χ4v) is 6.79. The van der Waals surface area contributed by atoms with Crippen LogP contribution in [0.5, 0.6) is 0 Å². The van der Waals surface area contributed by atoms with Crippen molar-refractivity contribution in [2.24, 2.45) is 11.7 Å². The second-order valence-electron chi connectivity index (χ2n) is 11.0. The number of benzene rings is 3. The van der Waals surface area contributed by atoms with E-state index in [1.165, 1.54) is 39.4 Å². The number of allylic oxidation sites excluding steroid dienone is 5. The molecule has 0 radical (unpaired) electrons. The Morgan fingerprint density at radius 2 is 1.56 bits per heavy atom. The Morgan fingerprint density at radius 1 is 0.878 bits per heavy atom. The lowest BCUT2D eigenvalue weighted by atomic mass is 10.0. The molecule has 2 aliphatic carbocycles. The molecular formula is C37H30N4. The maximum absolute atomic E-state index is 6.33. The molecule has 8 rings (SSSR count). The average molecular weight is 531 g/mol. The largest absolute Gasteiger partial charge is 0.404 e. The van der Waals surface area contributed by atoms with Crippen molar-refractivity contribution in [3.8, 4) is 5.69 Å². The second kappa shape index (κ2) is 9.24. The molecule has 2 atom stereocenters. The molecule has 3 heterocycles. The quantitative estimate of drug-likeness (QED) is 0.227. The molecule has 1 saturated carbocycles. The maximum atomic E-state index is 6.33. The van der Waals surface area contributed by atoms with Gasteiger partial charge >= 0.3 is 0 Å². The third-order valence-corrected chi connectivity index (χ3v) is 8.73. The van der Waals surface area contributed by atoms with Crippen molar-refractivity contribution in [1.82, 2.24) is 14.1 Å². The molecule has 4 heteroatoms. The summed E-state index contributed by atoms with van der Waals surface area (Å²) >= 11 is 0. The molecule has 0 saturated heterocycles. The van der Waals surface area contributed by atoms with E-state index in [1.807, 2.05) is 12.4 Å². The standard InChI is InChI=1S/C37H30N4/c1-2-32(40-34-12-6-3-9-27(34)28-10-4-7-13-35(28)40)25(22-38)15-16-26-23-39-20-19-33(26)41-36-14-8-5-11-29(36)30-18-17-24-21-31(24)37(30)41/h2-20,22-24,31H,21,38H2,1H3/b16-15-,25-22-,32-2+. The van der Waals surface area contributed by atoms with Crippen molar-refractivity contribution in [1.29, 1.82) is 0 Å². The molecule has 4 nitrogen and oxygen atoms in total. The van der Waals surface area contributed by atoms with Crippen LogP contribution in [0.15, 0.2) is 121 Å². The van der Waals surface area contributed by atoms with Crippen LogP contribution >= 0.6 is 0 Å². The van der Waals surface area contributed by atoms with Gasteiger partial charge in [-0.3, -0.25) is 4.98 Å². The van der Waals surface area contributed by atoms with Crippen molar-refractivity contribution in [2.75, 3.05) is 0 Å². The van der Waals surface area contributed by atoms with Gasteiger partial charge in [0, 0.05) is 63.1 Å². The molecule has 2 unspecified atom stereocenters. The summed E-state index contributed by atoms with van der Waals surface area (Å²) in [7, 11) is 0. The highest BCUT2D eigenvalue weighted by molar-refractivity contribution is 6.10. The van der Waals surface area contributed by atoms with E-state index in [0.717, 1.165) is 33.6 Å². The normalized spacial score (nSPS) is 18.5. The summed E-state index contributed by atoms with van der Waals surface area (Å²) in [6.07, 6.45) is 17.9. The van der Waals surface area contributed by atoms with Gasteiger partial charge < -0.3 is 14.9 Å². The summed E-state index contributed by atoms with van der Waals surface area (Å²) in [5, 5.41) is 3.77. The number of nitrogens with zero attached hydrogens (tertiary/aromatic N) is 3. The lowest BCUT2D eigenvalue weighted by molar-refractivity contribution is 0.893. The minimum Gasteiger partial charge on any atom is -0.404 e. The van der Waals surface area contributed by atoms with Gasteiger partial charge in [-0.15, -0.1) is 0 Å². The number of aromatic nitrogens is 3. The lowest BCUT2D eigenvalue weighted by Crippen LogP contribution is -2.04. The minimum atomic E-state index is 0.580. The summed E-state index contributed by atoms with van der Waals surface area (Å²) in [6.45, 7) is 2.07. The Balaban J connectivity index is 1.26. The van der Waals surface area contributed by atoms with E-state index in [1.54, 1.807) is 6.20 Å². The molecule has 198 valence electrons. The van der Waals surface area contributed by atoms with Crippen molar-refractivity contribution in [3.05, 3.63) is 138 Å². The summed E-state index contributed by atoms with van der Waals surface area (Å²) in [5.74, 6) is 1.23. The van der Waals surface area contributed by atoms with Gasteiger partial charge in [-0.05, 0) is 43.5 Å². The summed E-state index contributed by atoms with van der Waals surface area (Å²) in [6, 6.07) is 28.0. The Bertz CT molecular complexity index is 2060. The fourth-order valence-electron chi connectivity index (χ4n) is 6.79. The summed E-state index contributed by atoms with van der Waals surface area (Å²) < 4.78 is 4.78. The summed E-state index contributed by atoms with van der Waals surface area (Å²) in [4.78, 5) is 4.53. The first kappa shape index (κ1) is 23.8. The lowest BCUT2D eigenvalue weighted by Gasteiger charge is -2.16. The molecule has 0 spiro atoms. The molecule has 0 bridgehead atoms. The molecule has 3 aromatic heterocycles. The van der Waals surface area contributed by atoms with Crippen molar-refractivity contribution in [2.45, 2.75) is 19.3 Å². The van der Waals surface area contributed by atoms with E-state index in [4.69, 9.17) is 5.73 Å². The highest BCUT2D eigenvalue weighted by atomic mass is 15.0. The van der Waals surface area contributed by atoms with Crippen LogP contribution in [0, 0.1) is 5.92 Å². The second-order valence-corrected chi connectivity index (χ2v) is 11.0. The Kier molecular flexibility index (Phi) is 5.36. The van der Waals surface area contributed by atoms with Crippen LogP contribution in [0.1, 0.15) is 36.1 Å². The molecule has 3 aromatic carbocycles. The van der Waals surface area contributed by atoms with Crippen LogP contribution in [0.2, 0.25) is 0 Å². The van der Waals surface area contributed by atoms with E-state index in [2.05, 4.69) is 130 Å². The van der Waals surface area contributed by atoms with Gasteiger partial charge in [0.1, 0.15) is 0 Å². The van der Waals surface area contributed by atoms with Crippen LogP contribution in [0.3, 0.4) is 0 Å². The van der Waals surface area contributed by atoms with Gasteiger partial charge in [-0.25, -0.2) is 0 Å². The Morgan fingerprint density at radius 3 is 2.27 bits per heavy atom. The summed E-state index contributed by atoms with van der Waals surface area (Å²) in [5.41, 5.74) is 16.9.